The van der Waals surface area contributed by atoms with E-state index in [2.05, 4.69) is 5.10 Å². The summed E-state index contributed by atoms with van der Waals surface area (Å²) in [5, 5.41) is 17.1. The molecule has 0 radical (unpaired) electrons. The number of hydrogen-bond donors (Lipinski definition) is 0. The van der Waals surface area contributed by atoms with Gasteiger partial charge in [0.1, 0.15) is 17.4 Å². The summed E-state index contributed by atoms with van der Waals surface area (Å²) in [5.41, 5.74) is 2.08. The number of ether oxygens (including phenoxy) is 1. The van der Waals surface area contributed by atoms with Gasteiger partial charge in [-0.05, 0) is 43.0 Å². The van der Waals surface area contributed by atoms with Crippen molar-refractivity contribution in [2.75, 3.05) is 12.9 Å². The van der Waals surface area contributed by atoms with Crippen molar-refractivity contribution in [1.29, 1.82) is 0 Å². The van der Waals surface area contributed by atoms with E-state index in [-0.39, 0.29) is 11.3 Å². The van der Waals surface area contributed by atoms with Crippen LogP contribution in [-0.4, -0.2) is 40.4 Å². The van der Waals surface area contributed by atoms with Gasteiger partial charge in [0, 0.05) is 17.4 Å². The number of carbonyl (C=O) groups is 2. The molecule has 174 valence electrons. The first-order chi connectivity index (χ1) is 16.4. The average Bonchev–Trinajstić information content (AvgIpc) is 3.52. The monoisotopic (exact) mass is 479 g/mol. The van der Waals surface area contributed by atoms with E-state index in [0.29, 0.717) is 22.8 Å². The molecular weight excluding hydrogens is 458 g/mol. The highest BCUT2D eigenvalue weighted by atomic mass is 32.2. The normalized spacial score (nSPS) is 15.2. The number of benzene rings is 2. The lowest BCUT2D eigenvalue weighted by atomic mass is 10.0. The Hall–Kier alpha value is -3.92. The first-order valence-corrected chi connectivity index (χ1v) is 11.6. The molecule has 1 aliphatic rings. The highest BCUT2D eigenvalue weighted by Gasteiger charge is 2.35. The van der Waals surface area contributed by atoms with E-state index < -0.39 is 29.4 Å². The molecule has 1 unspecified atom stereocenters. The second-order valence-corrected chi connectivity index (χ2v) is 8.48. The number of esters is 1. The van der Waals surface area contributed by atoms with Gasteiger partial charge in [-0.3, -0.25) is 14.9 Å². The lowest BCUT2D eigenvalue weighted by Gasteiger charge is -2.19. The quantitative estimate of drug-likeness (QED) is 0.208. The van der Waals surface area contributed by atoms with Crippen LogP contribution in [0.15, 0.2) is 75.3 Å². The molecule has 1 aromatic heterocycles. The van der Waals surface area contributed by atoms with E-state index >= 15 is 0 Å². The summed E-state index contributed by atoms with van der Waals surface area (Å²) in [5.74, 6) is -0.971. The molecule has 0 N–H and O–H groups in total. The zero-order chi connectivity index (χ0) is 24.2. The van der Waals surface area contributed by atoms with Crippen LogP contribution in [0.25, 0.3) is 0 Å². The number of aryl methyl sites for hydroxylation is 1. The van der Waals surface area contributed by atoms with E-state index in [1.54, 1.807) is 24.5 Å². The molecule has 1 aliphatic heterocycles. The van der Waals surface area contributed by atoms with E-state index in [1.165, 1.54) is 35.2 Å². The first kappa shape index (κ1) is 23.2. The minimum absolute atomic E-state index is 0.211. The van der Waals surface area contributed by atoms with Crippen LogP contribution in [0.5, 0.6) is 0 Å². The van der Waals surface area contributed by atoms with Crippen molar-refractivity contribution in [3.63, 3.8) is 0 Å². The van der Waals surface area contributed by atoms with Crippen molar-refractivity contribution in [2.24, 2.45) is 5.10 Å². The van der Waals surface area contributed by atoms with Crippen LogP contribution in [0.3, 0.4) is 0 Å². The maximum Gasteiger partial charge on any atom is 0.345 e. The summed E-state index contributed by atoms with van der Waals surface area (Å²) in [7, 11) is 0. The first-order valence-electron chi connectivity index (χ1n) is 10.4. The minimum Gasteiger partial charge on any atom is -0.467 e. The second-order valence-electron chi connectivity index (χ2n) is 7.60. The number of nitrogens with zero attached hydrogens (tertiary/aromatic N) is 3. The summed E-state index contributed by atoms with van der Waals surface area (Å²) >= 11 is 1.33. The van der Waals surface area contributed by atoms with E-state index in [4.69, 9.17) is 9.15 Å². The number of rotatable bonds is 7. The van der Waals surface area contributed by atoms with Gasteiger partial charge >= 0.3 is 5.97 Å². The standard InChI is InChI=1S/C24H21N3O6S/c1-15-5-7-16(8-6-15)19-13-21(22-4-3-11-32-22)26(25-19)23(28)14-33-24(29)18-12-17(34-2)9-10-20(18)27(30)31/h3-12,21H,13-14H2,1-2H3. The summed E-state index contributed by atoms with van der Waals surface area (Å²) < 4.78 is 10.7. The number of nitro groups is 1. The van der Waals surface area contributed by atoms with Crippen molar-refractivity contribution < 1.29 is 23.7 Å². The fourth-order valence-electron chi connectivity index (χ4n) is 3.60. The molecule has 0 spiro atoms. The number of hydrogen-bond acceptors (Lipinski definition) is 8. The molecule has 4 rings (SSSR count). The van der Waals surface area contributed by atoms with Crippen LogP contribution in [0.1, 0.15) is 39.7 Å². The van der Waals surface area contributed by atoms with Gasteiger partial charge in [-0.1, -0.05) is 29.8 Å². The Morgan fingerprint density at radius 3 is 2.65 bits per heavy atom. The summed E-state index contributed by atoms with van der Waals surface area (Å²) in [6, 6.07) is 14.9. The maximum atomic E-state index is 13.0. The molecule has 34 heavy (non-hydrogen) atoms. The third-order valence-electron chi connectivity index (χ3n) is 5.37. The Morgan fingerprint density at radius 1 is 1.24 bits per heavy atom. The molecule has 1 amide bonds. The Balaban J connectivity index is 1.54. The molecule has 0 aliphatic carbocycles. The van der Waals surface area contributed by atoms with Gasteiger partial charge in [-0.25, -0.2) is 9.80 Å². The third kappa shape index (κ3) is 4.86. The fraction of sp³-hybridized carbons (Fsp3) is 0.208. The van der Waals surface area contributed by atoms with E-state index in [1.807, 2.05) is 31.2 Å². The molecule has 2 heterocycles. The summed E-state index contributed by atoms with van der Waals surface area (Å²) in [4.78, 5) is 37.0. The van der Waals surface area contributed by atoms with Gasteiger partial charge < -0.3 is 9.15 Å². The van der Waals surface area contributed by atoms with Crippen molar-refractivity contribution in [3.8, 4) is 0 Å². The lowest BCUT2D eigenvalue weighted by molar-refractivity contribution is -0.385. The number of thioether (sulfide) groups is 1. The Kier molecular flexibility index (Phi) is 6.78. The predicted molar refractivity (Wildman–Crippen MR) is 126 cm³/mol. The van der Waals surface area contributed by atoms with Crippen molar-refractivity contribution in [3.05, 3.63) is 93.4 Å². The minimum atomic E-state index is -0.951. The zero-order valence-electron chi connectivity index (χ0n) is 18.5. The van der Waals surface area contributed by atoms with Crippen LogP contribution in [-0.2, 0) is 9.53 Å². The molecule has 3 aromatic rings. The number of hydrazone groups is 1. The molecule has 9 nitrogen and oxygen atoms in total. The second kappa shape index (κ2) is 9.92. The molecular formula is C24H21N3O6S. The van der Waals surface area contributed by atoms with Gasteiger partial charge in [-0.2, -0.15) is 5.10 Å². The van der Waals surface area contributed by atoms with Gasteiger partial charge in [0.15, 0.2) is 6.61 Å². The van der Waals surface area contributed by atoms with Gasteiger partial charge in [0.2, 0.25) is 0 Å². The molecule has 10 heteroatoms. The molecule has 0 bridgehead atoms. The van der Waals surface area contributed by atoms with Crippen molar-refractivity contribution in [2.45, 2.75) is 24.3 Å². The number of nitro benzene ring substituents is 1. The number of amides is 1. The molecule has 0 saturated heterocycles. The number of carbonyl (C=O) groups excluding carboxylic acids is 2. The molecule has 1 atom stereocenters. The topological polar surface area (TPSA) is 115 Å². The SMILES string of the molecule is CSc1ccc([N+](=O)[O-])c(C(=O)OCC(=O)N2N=C(c3ccc(C)cc3)CC2c2ccco2)c1. The number of furan rings is 1. The Bertz CT molecular complexity index is 1250. The predicted octanol–water partition coefficient (Wildman–Crippen LogP) is 4.75. The Labute approximate surface area is 199 Å². The largest absolute Gasteiger partial charge is 0.467 e. The van der Waals surface area contributed by atoms with Crippen LogP contribution in [0.2, 0.25) is 0 Å². The third-order valence-corrected chi connectivity index (χ3v) is 6.09. The lowest BCUT2D eigenvalue weighted by Crippen LogP contribution is -2.31. The molecule has 2 aromatic carbocycles. The maximum absolute atomic E-state index is 13.0. The smallest absolute Gasteiger partial charge is 0.345 e. The van der Waals surface area contributed by atoms with E-state index in [9.17, 15) is 19.7 Å². The zero-order valence-corrected chi connectivity index (χ0v) is 19.3. The highest BCUT2D eigenvalue weighted by molar-refractivity contribution is 7.98. The van der Waals surface area contributed by atoms with Crippen LogP contribution < -0.4 is 0 Å². The summed E-state index contributed by atoms with van der Waals surface area (Å²) in [6.07, 6.45) is 3.73. The average molecular weight is 480 g/mol. The molecule has 0 fully saturated rings. The summed E-state index contributed by atoms with van der Waals surface area (Å²) in [6.45, 7) is 1.36. The van der Waals surface area contributed by atoms with Gasteiger partial charge in [0.25, 0.3) is 11.6 Å². The van der Waals surface area contributed by atoms with Crippen molar-refractivity contribution in [1.82, 2.24) is 5.01 Å². The van der Waals surface area contributed by atoms with Gasteiger partial charge in [0.05, 0.1) is 16.9 Å². The fourth-order valence-corrected chi connectivity index (χ4v) is 4.04. The van der Waals surface area contributed by atoms with Crippen LogP contribution >= 0.6 is 11.8 Å². The molecule has 0 saturated carbocycles. The van der Waals surface area contributed by atoms with E-state index in [0.717, 1.165) is 11.1 Å². The van der Waals surface area contributed by atoms with Crippen LogP contribution in [0.4, 0.5) is 5.69 Å². The Morgan fingerprint density at radius 2 is 2.00 bits per heavy atom. The van der Waals surface area contributed by atoms with Gasteiger partial charge in [-0.15, -0.1) is 11.8 Å². The highest BCUT2D eigenvalue weighted by Crippen LogP contribution is 2.33. The van der Waals surface area contributed by atoms with Crippen molar-refractivity contribution >= 4 is 35.0 Å². The van der Waals surface area contributed by atoms with Crippen LogP contribution in [0, 0.1) is 17.0 Å².